The molecule has 24 heavy (non-hydrogen) atoms. The maximum absolute atomic E-state index is 11.9. The van der Waals surface area contributed by atoms with Gasteiger partial charge in [-0.1, -0.05) is 41.7 Å². The number of hydrogen-bond donors (Lipinski definition) is 2. The van der Waals surface area contributed by atoms with E-state index in [0.29, 0.717) is 17.8 Å². The minimum atomic E-state index is -3.03. The highest BCUT2D eigenvalue weighted by Crippen LogP contribution is 2.22. The molecule has 0 radical (unpaired) electrons. The second-order valence-corrected chi connectivity index (χ2v) is 8.94. The van der Waals surface area contributed by atoms with E-state index < -0.39 is 9.84 Å². The Balaban J connectivity index is 1.51. The van der Waals surface area contributed by atoms with E-state index in [9.17, 15) is 13.2 Å². The van der Waals surface area contributed by atoms with Crippen LogP contribution in [-0.4, -0.2) is 42.2 Å². The van der Waals surface area contributed by atoms with Gasteiger partial charge in [-0.15, -0.1) is 10.2 Å². The van der Waals surface area contributed by atoms with E-state index in [1.54, 1.807) is 0 Å². The SMILES string of the molecule is O=C(NCc1nnc(-c2ccccc2)s1)NC1CCCS(=O)(=O)C1. The Labute approximate surface area is 144 Å². The fraction of sp³-hybridized carbons (Fsp3) is 0.400. The second-order valence-electron chi connectivity index (χ2n) is 5.65. The van der Waals surface area contributed by atoms with E-state index in [0.717, 1.165) is 10.6 Å². The first-order valence-corrected chi connectivity index (χ1v) is 10.3. The fourth-order valence-corrected chi connectivity index (χ4v) is 4.97. The van der Waals surface area contributed by atoms with Gasteiger partial charge in [-0.25, -0.2) is 13.2 Å². The van der Waals surface area contributed by atoms with Crippen molar-refractivity contribution in [3.05, 3.63) is 35.3 Å². The molecule has 2 N–H and O–H groups in total. The minimum absolute atomic E-state index is 0.0113. The van der Waals surface area contributed by atoms with Crippen LogP contribution in [-0.2, 0) is 16.4 Å². The van der Waals surface area contributed by atoms with Crippen molar-refractivity contribution < 1.29 is 13.2 Å². The number of benzene rings is 1. The van der Waals surface area contributed by atoms with Gasteiger partial charge in [0.25, 0.3) is 0 Å². The van der Waals surface area contributed by atoms with Gasteiger partial charge < -0.3 is 10.6 Å². The molecule has 1 aromatic heterocycles. The van der Waals surface area contributed by atoms with Crippen molar-refractivity contribution in [2.75, 3.05) is 11.5 Å². The largest absolute Gasteiger partial charge is 0.334 e. The first-order valence-electron chi connectivity index (χ1n) is 7.64. The highest BCUT2D eigenvalue weighted by atomic mass is 32.2. The van der Waals surface area contributed by atoms with Crippen LogP contribution in [0, 0.1) is 0 Å². The first kappa shape index (κ1) is 16.8. The average molecular weight is 366 g/mol. The third-order valence-corrected chi connectivity index (χ3v) is 6.48. The number of amides is 2. The van der Waals surface area contributed by atoms with Crippen LogP contribution in [0.5, 0.6) is 0 Å². The normalized spacial score (nSPS) is 19.6. The standard InChI is InChI=1S/C15H18N4O3S2/c20-15(17-12-7-4-8-24(21,22)10-12)16-9-13-18-19-14(23-13)11-5-2-1-3-6-11/h1-3,5-6,12H,4,7-10H2,(H2,16,17,20). The predicted octanol–water partition coefficient (Wildman–Crippen LogP) is 1.58. The number of carbonyl (C=O) groups is 1. The molecule has 1 unspecified atom stereocenters. The quantitative estimate of drug-likeness (QED) is 0.855. The lowest BCUT2D eigenvalue weighted by molar-refractivity contribution is 0.236. The van der Waals surface area contributed by atoms with Gasteiger partial charge in [0, 0.05) is 11.6 Å². The third-order valence-electron chi connectivity index (χ3n) is 3.69. The number of hydrogen-bond acceptors (Lipinski definition) is 6. The highest BCUT2D eigenvalue weighted by Gasteiger charge is 2.25. The third kappa shape index (κ3) is 4.51. The lowest BCUT2D eigenvalue weighted by atomic mass is 10.2. The van der Waals surface area contributed by atoms with E-state index in [4.69, 9.17) is 0 Å². The zero-order valence-corrected chi connectivity index (χ0v) is 14.6. The summed E-state index contributed by atoms with van der Waals surface area (Å²) in [6.45, 7) is 0.260. The van der Waals surface area contributed by atoms with Gasteiger partial charge in [0.05, 0.1) is 18.1 Å². The lowest BCUT2D eigenvalue weighted by Crippen LogP contribution is -2.47. The molecule has 1 fully saturated rings. The van der Waals surface area contributed by atoms with Crippen molar-refractivity contribution in [1.29, 1.82) is 0 Å². The van der Waals surface area contributed by atoms with Crippen molar-refractivity contribution in [2.24, 2.45) is 0 Å². The zero-order valence-electron chi connectivity index (χ0n) is 12.9. The Morgan fingerprint density at radius 2 is 2.04 bits per heavy atom. The van der Waals surface area contributed by atoms with Crippen LogP contribution in [0.2, 0.25) is 0 Å². The number of nitrogens with zero attached hydrogens (tertiary/aromatic N) is 2. The molecule has 1 aromatic carbocycles. The van der Waals surface area contributed by atoms with Crippen LogP contribution < -0.4 is 10.6 Å². The van der Waals surface area contributed by atoms with Crippen LogP contribution in [0.15, 0.2) is 30.3 Å². The van der Waals surface area contributed by atoms with Crippen LogP contribution in [0.25, 0.3) is 10.6 Å². The molecule has 0 spiro atoms. The summed E-state index contributed by atoms with van der Waals surface area (Å²) in [4.78, 5) is 11.9. The average Bonchev–Trinajstić information content (AvgIpc) is 3.02. The molecule has 9 heteroatoms. The number of aromatic nitrogens is 2. The van der Waals surface area contributed by atoms with Crippen LogP contribution in [0.3, 0.4) is 0 Å². The minimum Gasteiger partial charge on any atom is -0.334 e. The summed E-state index contributed by atoms with van der Waals surface area (Å²) < 4.78 is 23.1. The molecule has 0 aliphatic carbocycles. The van der Waals surface area contributed by atoms with Crippen molar-refractivity contribution in [2.45, 2.75) is 25.4 Å². The molecule has 128 valence electrons. The predicted molar refractivity (Wildman–Crippen MR) is 92.4 cm³/mol. The van der Waals surface area contributed by atoms with Crippen LogP contribution in [0.1, 0.15) is 17.8 Å². The van der Waals surface area contributed by atoms with Crippen molar-refractivity contribution in [1.82, 2.24) is 20.8 Å². The van der Waals surface area contributed by atoms with E-state index in [1.807, 2.05) is 30.3 Å². The van der Waals surface area contributed by atoms with Crippen molar-refractivity contribution >= 4 is 27.2 Å². The monoisotopic (exact) mass is 366 g/mol. The molecule has 1 saturated heterocycles. The van der Waals surface area contributed by atoms with Crippen molar-refractivity contribution in [3.8, 4) is 10.6 Å². The smallest absolute Gasteiger partial charge is 0.315 e. The summed E-state index contributed by atoms with van der Waals surface area (Å²) in [5.41, 5.74) is 0.984. The van der Waals surface area contributed by atoms with Crippen LogP contribution >= 0.6 is 11.3 Å². The summed E-state index contributed by atoms with van der Waals surface area (Å²) in [5.74, 6) is 0.219. The fourth-order valence-electron chi connectivity index (χ4n) is 2.55. The first-order chi connectivity index (χ1) is 11.5. The maximum Gasteiger partial charge on any atom is 0.315 e. The van der Waals surface area contributed by atoms with Gasteiger partial charge in [-0.3, -0.25) is 0 Å². The molecular formula is C15H18N4O3S2. The Bertz CT molecular complexity index is 805. The van der Waals surface area contributed by atoms with E-state index in [-0.39, 0.29) is 30.1 Å². The molecule has 0 bridgehead atoms. The van der Waals surface area contributed by atoms with E-state index in [1.165, 1.54) is 11.3 Å². The molecule has 1 atom stereocenters. The second kappa shape index (κ2) is 7.27. The molecule has 3 rings (SSSR count). The molecule has 1 aliphatic rings. The Kier molecular flexibility index (Phi) is 5.10. The number of sulfone groups is 1. The van der Waals surface area contributed by atoms with Crippen LogP contribution in [0.4, 0.5) is 4.79 Å². The van der Waals surface area contributed by atoms with E-state index in [2.05, 4.69) is 20.8 Å². The molecule has 7 nitrogen and oxygen atoms in total. The Hall–Kier alpha value is -2.00. The van der Waals surface area contributed by atoms with Gasteiger partial charge in [0.2, 0.25) is 0 Å². The number of nitrogens with one attached hydrogen (secondary N) is 2. The maximum atomic E-state index is 11.9. The summed E-state index contributed by atoms with van der Waals surface area (Å²) in [5, 5.41) is 15.1. The van der Waals surface area contributed by atoms with Gasteiger partial charge in [0.15, 0.2) is 9.84 Å². The molecule has 2 heterocycles. The molecule has 1 aliphatic heterocycles. The number of rotatable bonds is 4. The van der Waals surface area contributed by atoms with E-state index >= 15 is 0 Å². The molecule has 2 aromatic rings. The van der Waals surface area contributed by atoms with Crippen molar-refractivity contribution in [3.63, 3.8) is 0 Å². The topological polar surface area (TPSA) is 101 Å². The lowest BCUT2D eigenvalue weighted by Gasteiger charge is -2.22. The Morgan fingerprint density at radius 1 is 1.25 bits per heavy atom. The molecule has 2 amide bonds. The summed E-state index contributed by atoms with van der Waals surface area (Å²) in [7, 11) is -3.03. The summed E-state index contributed by atoms with van der Waals surface area (Å²) >= 11 is 1.41. The highest BCUT2D eigenvalue weighted by molar-refractivity contribution is 7.91. The summed E-state index contributed by atoms with van der Waals surface area (Å²) in [6, 6.07) is 9.00. The van der Waals surface area contributed by atoms with Gasteiger partial charge in [0.1, 0.15) is 10.0 Å². The van der Waals surface area contributed by atoms with Gasteiger partial charge in [-0.05, 0) is 12.8 Å². The zero-order chi connectivity index (χ0) is 17.0. The van der Waals surface area contributed by atoms with Gasteiger partial charge >= 0.3 is 6.03 Å². The molecular weight excluding hydrogens is 348 g/mol. The number of carbonyl (C=O) groups excluding carboxylic acids is 1. The Morgan fingerprint density at radius 3 is 2.79 bits per heavy atom. The number of urea groups is 1. The summed E-state index contributed by atoms with van der Waals surface area (Å²) in [6.07, 6.45) is 1.27. The van der Waals surface area contributed by atoms with Gasteiger partial charge in [-0.2, -0.15) is 0 Å². The molecule has 0 saturated carbocycles.